The molecule has 0 fully saturated rings. The number of pyridine rings is 1. The molecule has 0 aliphatic carbocycles. The Balaban J connectivity index is 2.32. The largest absolute Gasteiger partial charge is 0.481 e. The summed E-state index contributed by atoms with van der Waals surface area (Å²) in [4.78, 5) is 17.1. The highest BCUT2D eigenvalue weighted by atomic mass is 16.4. The van der Waals surface area contributed by atoms with Gasteiger partial charge in [-0.2, -0.15) is 0 Å². The molecule has 1 heterocycles. The fraction of sp³-hybridized carbons (Fsp3) is 0.294. The minimum absolute atomic E-state index is 0.0491. The molecule has 0 amide bonds. The molecular weight excluding hydrogens is 264 g/mol. The van der Waals surface area contributed by atoms with Crippen LogP contribution in [-0.2, 0) is 4.79 Å². The molecular formula is C17H20N2O2. The summed E-state index contributed by atoms with van der Waals surface area (Å²) in [5.41, 5.74) is 4.16. The molecule has 1 unspecified atom stereocenters. The van der Waals surface area contributed by atoms with Crippen molar-refractivity contribution in [3.8, 4) is 11.1 Å². The van der Waals surface area contributed by atoms with Crippen molar-refractivity contribution in [2.45, 2.75) is 19.3 Å². The van der Waals surface area contributed by atoms with Gasteiger partial charge in [0, 0.05) is 37.7 Å². The standard InChI is InChI=1S/C17H20N2O2/c1-12(7-17(20)21)14-8-15(11-18-10-14)13-5-4-6-16(9-13)19(2)3/h4-6,8-12H,7H2,1-3H3,(H,20,21). The van der Waals surface area contributed by atoms with Crippen molar-refractivity contribution in [1.82, 2.24) is 4.98 Å². The predicted molar refractivity (Wildman–Crippen MR) is 84.7 cm³/mol. The average molecular weight is 284 g/mol. The van der Waals surface area contributed by atoms with Crippen molar-refractivity contribution in [1.29, 1.82) is 0 Å². The maximum absolute atomic E-state index is 10.8. The second kappa shape index (κ2) is 6.39. The van der Waals surface area contributed by atoms with E-state index in [1.165, 1.54) is 0 Å². The number of aromatic nitrogens is 1. The van der Waals surface area contributed by atoms with Gasteiger partial charge in [0.2, 0.25) is 0 Å². The van der Waals surface area contributed by atoms with Gasteiger partial charge in [-0.15, -0.1) is 0 Å². The maximum Gasteiger partial charge on any atom is 0.303 e. The number of carbonyl (C=O) groups is 1. The van der Waals surface area contributed by atoms with Gasteiger partial charge < -0.3 is 10.0 Å². The van der Waals surface area contributed by atoms with Crippen molar-refractivity contribution in [2.75, 3.05) is 19.0 Å². The third-order valence-electron chi connectivity index (χ3n) is 3.51. The Kier molecular flexibility index (Phi) is 4.58. The zero-order valence-corrected chi connectivity index (χ0v) is 12.6. The lowest BCUT2D eigenvalue weighted by atomic mass is 9.96. The molecule has 1 atom stereocenters. The average Bonchev–Trinajstić information content (AvgIpc) is 2.47. The highest BCUT2D eigenvalue weighted by Crippen LogP contribution is 2.27. The second-order valence-electron chi connectivity index (χ2n) is 5.45. The summed E-state index contributed by atoms with van der Waals surface area (Å²) < 4.78 is 0. The van der Waals surface area contributed by atoms with Crippen LogP contribution in [0.2, 0.25) is 0 Å². The molecule has 0 radical (unpaired) electrons. The van der Waals surface area contributed by atoms with E-state index in [0.29, 0.717) is 0 Å². The van der Waals surface area contributed by atoms with Crippen LogP contribution in [0.15, 0.2) is 42.7 Å². The van der Waals surface area contributed by atoms with E-state index in [2.05, 4.69) is 11.1 Å². The molecule has 0 spiro atoms. The summed E-state index contributed by atoms with van der Waals surface area (Å²) in [7, 11) is 4.01. The Hall–Kier alpha value is -2.36. The Morgan fingerprint density at radius 2 is 2.00 bits per heavy atom. The van der Waals surface area contributed by atoms with Crippen molar-refractivity contribution >= 4 is 11.7 Å². The Morgan fingerprint density at radius 3 is 2.67 bits per heavy atom. The van der Waals surface area contributed by atoms with Gasteiger partial charge in [0.25, 0.3) is 0 Å². The Morgan fingerprint density at radius 1 is 1.24 bits per heavy atom. The molecule has 4 heteroatoms. The van der Waals surface area contributed by atoms with Crippen LogP contribution in [0.3, 0.4) is 0 Å². The number of benzene rings is 1. The van der Waals surface area contributed by atoms with Crippen LogP contribution in [0.25, 0.3) is 11.1 Å². The highest BCUT2D eigenvalue weighted by molar-refractivity contribution is 5.70. The lowest BCUT2D eigenvalue weighted by Gasteiger charge is -2.14. The smallest absolute Gasteiger partial charge is 0.303 e. The van der Waals surface area contributed by atoms with Gasteiger partial charge in [0.15, 0.2) is 0 Å². The lowest BCUT2D eigenvalue weighted by molar-refractivity contribution is -0.137. The summed E-state index contributed by atoms with van der Waals surface area (Å²) in [5.74, 6) is -0.838. The molecule has 0 saturated heterocycles. The fourth-order valence-electron chi connectivity index (χ4n) is 2.23. The number of carboxylic acid groups (broad SMARTS) is 1. The number of aliphatic carboxylic acids is 1. The van der Waals surface area contributed by atoms with Gasteiger partial charge in [-0.1, -0.05) is 19.1 Å². The molecule has 21 heavy (non-hydrogen) atoms. The molecule has 0 saturated carbocycles. The van der Waals surface area contributed by atoms with Gasteiger partial charge in [-0.05, 0) is 35.2 Å². The van der Waals surface area contributed by atoms with E-state index >= 15 is 0 Å². The molecule has 0 bridgehead atoms. The van der Waals surface area contributed by atoms with Crippen LogP contribution >= 0.6 is 0 Å². The quantitative estimate of drug-likeness (QED) is 0.914. The van der Waals surface area contributed by atoms with E-state index in [-0.39, 0.29) is 12.3 Å². The van der Waals surface area contributed by atoms with Crippen LogP contribution < -0.4 is 4.90 Å². The predicted octanol–water partition coefficient (Wildman–Crippen LogP) is 3.39. The Labute approximate surface area is 125 Å². The van der Waals surface area contributed by atoms with Crippen LogP contribution in [0.5, 0.6) is 0 Å². The second-order valence-corrected chi connectivity index (χ2v) is 5.45. The monoisotopic (exact) mass is 284 g/mol. The SMILES string of the molecule is CC(CC(=O)O)c1cncc(-c2cccc(N(C)C)c2)c1. The lowest BCUT2D eigenvalue weighted by Crippen LogP contribution is -2.08. The first-order chi connectivity index (χ1) is 9.97. The zero-order chi connectivity index (χ0) is 15.4. The minimum atomic E-state index is -0.789. The third-order valence-corrected chi connectivity index (χ3v) is 3.51. The first-order valence-electron chi connectivity index (χ1n) is 6.92. The van der Waals surface area contributed by atoms with Gasteiger partial charge in [0.1, 0.15) is 0 Å². The van der Waals surface area contributed by atoms with Crippen LogP contribution in [0, 0.1) is 0 Å². The van der Waals surface area contributed by atoms with Crippen molar-refractivity contribution in [3.05, 3.63) is 48.3 Å². The maximum atomic E-state index is 10.8. The van der Waals surface area contributed by atoms with Gasteiger partial charge >= 0.3 is 5.97 Å². The molecule has 0 aliphatic rings. The number of carboxylic acids is 1. The summed E-state index contributed by atoms with van der Waals surface area (Å²) in [5, 5.41) is 8.90. The van der Waals surface area contributed by atoms with E-state index in [4.69, 9.17) is 5.11 Å². The molecule has 0 aliphatic heterocycles. The molecule has 2 rings (SSSR count). The Bertz CT molecular complexity index is 638. The van der Waals surface area contributed by atoms with Crippen LogP contribution in [0.1, 0.15) is 24.8 Å². The van der Waals surface area contributed by atoms with Crippen LogP contribution in [0.4, 0.5) is 5.69 Å². The topological polar surface area (TPSA) is 53.4 Å². The minimum Gasteiger partial charge on any atom is -0.481 e. The summed E-state index contributed by atoms with van der Waals surface area (Å²) in [6, 6.07) is 10.2. The summed E-state index contributed by atoms with van der Waals surface area (Å²) in [6.07, 6.45) is 3.67. The number of hydrogen-bond donors (Lipinski definition) is 1. The molecule has 110 valence electrons. The van der Waals surface area contributed by atoms with E-state index in [1.54, 1.807) is 6.20 Å². The van der Waals surface area contributed by atoms with Crippen molar-refractivity contribution in [3.63, 3.8) is 0 Å². The number of nitrogens with zero attached hydrogens (tertiary/aromatic N) is 2. The normalized spacial score (nSPS) is 12.0. The van der Waals surface area contributed by atoms with E-state index in [9.17, 15) is 4.79 Å². The number of rotatable bonds is 5. The molecule has 1 N–H and O–H groups in total. The zero-order valence-electron chi connectivity index (χ0n) is 12.6. The van der Waals surface area contributed by atoms with E-state index in [1.807, 2.05) is 56.4 Å². The highest BCUT2D eigenvalue weighted by Gasteiger charge is 2.11. The molecule has 2 aromatic rings. The van der Waals surface area contributed by atoms with E-state index < -0.39 is 5.97 Å². The number of anilines is 1. The summed E-state index contributed by atoms with van der Waals surface area (Å²) >= 11 is 0. The summed E-state index contributed by atoms with van der Waals surface area (Å²) in [6.45, 7) is 1.91. The fourth-order valence-corrected chi connectivity index (χ4v) is 2.23. The molecule has 4 nitrogen and oxygen atoms in total. The van der Waals surface area contributed by atoms with Gasteiger partial charge in [0.05, 0.1) is 6.42 Å². The van der Waals surface area contributed by atoms with Crippen LogP contribution in [-0.4, -0.2) is 30.2 Å². The van der Waals surface area contributed by atoms with Gasteiger partial charge in [-0.3, -0.25) is 9.78 Å². The van der Waals surface area contributed by atoms with Crippen molar-refractivity contribution in [2.24, 2.45) is 0 Å². The first kappa shape index (κ1) is 15.0. The molecule has 1 aromatic carbocycles. The first-order valence-corrected chi connectivity index (χ1v) is 6.92. The van der Waals surface area contributed by atoms with Crippen molar-refractivity contribution < 1.29 is 9.90 Å². The third kappa shape index (κ3) is 3.81. The number of hydrogen-bond acceptors (Lipinski definition) is 3. The van der Waals surface area contributed by atoms with Gasteiger partial charge in [-0.25, -0.2) is 0 Å². The van der Waals surface area contributed by atoms with E-state index in [0.717, 1.165) is 22.4 Å². The molecule has 1 aromatic heterocycles.